The Labute approximate surface area is 143 Å². The lowest BCUT2D eigenvalue weighted by Crippen LogP contribution is -2.41. The summed E-state index contributed by atoms with van der Waals surface area (Å²) in [6.07, 6.45) is 0.0555. The summed E-state index contributed by atoms with van der Waals surface area (Å²) >= 11 is 0. The van der Waals surface area contributed by atoms with Crippen LogP contribution in [0.2, 0.25) is 0 Å². The standard InChI is InChI=1S/C20H24N2O2/c1-14(13-18(21)23)20(24)22-15(2)19(16-9-5-3-6-10-16)17-11-7-4-8-12-17/h3-12,14-15,19H,13H2,1-2H3,(H2,21,23)(H,22,24)/t14-,15+/m1/s1. The second-order valence-corrected chi connectivity index (χ2v) is 6.17. The van der Waals surface area contributed by atoms with Crippen molar-refractivity contribution in [1.82, 2.24) is 5.32 Å². The molecule has 0 unspecified atom stereocenters. The predicted molar refractivity (Wildman–Crippen MR) is 95.3 cm³/mol. The van der Waals surface area contributed by atoms with Gasteiger partial charge in [0.2, 0.25) is 11.8 Å². The van der Waals surface area contributed by atoms with Crippen LogP contribution in [-0.2, 0) is 9.59 Å². The summed E-state index contributed by atoms with van der Waals surface area (Å²) < 4.78 is 0. The van der Waals surface area contributed by atoms with Gasteiger partial charge in [0.1, 0.15) is 0 Å². The van der Waals surface area contributed by atoms with Crippen molar-refractivity contribution in [3.05, 3.63) is 71.8 Å². The van der Waals surface area contributed by atoms with Gasteiger partial charge in [-0.15, -0.1) is 0 Å². The summed E-state index contributed by atoms with van der Waals surface area (Å²) in [7, 11) is 0. The molecule has 0 fully saturated rings. The molecule has 2 amide bonds. The molecule has 0 aliphatic carbocycles. The van der Waals surface area contributed by atoms with E-state index in [4.69, 9.17) is 5.73 Å². The van der Waals surface area contributed by atoms with Crippen LogP contribution in [0, 0.1) is 5.92 Å². The first-order chi connectivity index (χ1) is 11.5. The zero-order valence-electron chi connectivity index (χ0n) is 14.1. The molecular weight excluding hydrogens is 300 g/mol. The Bertz CT molecular complexity index is 631. The molecule has 0 bridgehead atoms. The van der Waals surface area contributed by atoms with Crippen molar-refractivity contribution in [2.24, 2.45) is 11.7 Å². The molecule has 0 heterocycles. The van der Waals surface area contributed by atoms with Gasteiger partial charge < -0.3 is 11.1 Å². The number of hydrogen-bond acceptors (Lipinski definition) is 2. The van der Waals surface area contributed by atoms with Crippen molar-refractivity contribution in [2.45, 2.75) is 32.2 Å². The number of hydrogen-bond donors (Lipinski definition) is 2. The Morgan fingerprint density at radius 3 is 1.79 bits per heavy atom. The lowest BCUT2D eigenvalue weighted by atomic mass is 9.85. The fourth-order valence-electron chi connectivity index (χ4n) is 2.94. The highest BCUT2D eigenvalue weighted by molar-refractivity contribution is 5.85. The normalized spacial score (nSPS) is 13.3. The second-order valence-electron chi connectivity index (χ2n) is 6.17. The zero-order chi connectivity index (χ0) is 17.5. The number of carbonyl (C=O) groups excluding carboxylic acids is 2. The van der Waals surface area contributed by atoms with Crippen LogP contribution in [0.15, 0.2) is 60.7 Å². The van der Waals surface area contributed by atoms with E-state index < -0.39 is 11.8 Å². The number of nitrogens with one attached hydrogen (secondary N) is 1. The van der Waals surface area contributed by atoms with Gasteiger partial charge >= 0.3 is 0 Å². The van der Waals surface area contributed by atoms with Crippen LogP contribution in [0.5, 0.6) is 0 Å². The highest BCUT2D eigenvalue weighted by Crippen LogP contribution is 2.28. The van der Waals surface area contributed by atoms with Gasteiger partial charge in [-0.25, -0.2) is 0 Å². The third kappa shape index (κ3) is 4.69. The third-order valence-electron chi connectivity index (χ3n) is 4.14. The number of amides is 2. The Balaban J connectivity index is 2.21. The topological polar surface area (TPSA) is 72.2 Å². The number of nitrogens with two attached hydrogens (primary N) is 1. The maximum Gasteiger partial charge on any atom is 0.223 e. The molecule has 2 atom stereocenters. The maximum atomic E-state index is 12.3. The molecule has 2 aromatic carbocycles. The van der Waals surface area contributed by atoms with Gasteiger partial charge in [0.25, 0.3) is 0 Å². The number of primary amides is 1. The zero-order valence-corrected chi connectivity index (χ0v) is 14.1. The van der Waals surface area contributed by atoms with E-state index in [9.17, 15) is 9.59 Å². The van der Waals surface area contributed by atoms with E-state index in [1.54, 1.807) is 6.92 Å². The lowest BCUT2D eigenvalue weighted by Gasteiger charge is -2.27. The first kappa shape index (κ1) is 17.7. The van der Waals surface area contributed by atoms with Crippen molar-refractivity contribution in [3.8, 4) is 0 Å². The molecule has 0 saturated carbocycles. The van der Waals surface area contributed by atoms with Crippen LogP contribution in [0.4, 0.5) is 0 Å². The van der Waals surface area contributed by atoms with Crippen LogP contribution in [0.3, 0.4) is 0 Å². The Hall–Kier alpha value is -2.62. The Morgan fingerprint density at radius 2 is 1.38 bits per heavy atom. The molecule has 24 heavy (non-hydrogen) atoms. The summed E-state index contributed by atoms with van der Waals surface area (Å²) in [6, 6.07) is 20.1. The highest BCUT2D eigenvalue weighted by atomic mass is 16.2. The molecule has 0 saturated heterocycles. The molecule has 126 valence electrons. The van der Waals surface area contributed by atoms with Crippen LogP contribution >= 0.6 is 0 Å². The predicted octanol–water partition coefficient (Wildman–Crippen LogP) is 2.83. The second kappa shape index (κ2) is 8.29. The number of rotatable bonds is 7. The fraction of sp³-hybridized carbons (Fsp3) is 0.300. The molecule has 0 spiro atoms. The first-order valence-electron chi connectivity index (χ1n) is 8.17. The summed E-state index contributed by atoms with van der Waals surface area (Å²) in [6.45, 7) is 3.70. The molecule has 2 aromatic rings. The smallest absolute Gasteiger partial charge is 0.223 e. The molecule has 0 aromatic heterocycles. The number of benzene rings is 2. The monoisotopic (exact) mass is 324 g/mol. The van der Waals surface area contributed by atoms with Crippen LogP contribution in [0.25, 0.3) is 0 Å². The molecule has 0 aliphatic rings. The Morgan fingerprint density at radius 1 is 0.917 bits per heavy atom. The fourth-order valence-corrected chi connectivity index (χ4v) is 2.94. The molecule has 4 nitrogen and oxygen atoms in total. The summed E-state index contributed by atoms with van der Waals surface area (Å²) in [4.78, 5) is 23.4. The minimum absolute atomic E-state index is 0.0390. The molecule has 3 N–H and O–H groups in total. The number of carbonyl (C=O) groups is 2. The summed E-state index contributed by atoms with van der Waals surface area (Å²) in [5.41, 5.74) is 7.46. The van der Waals surface area contributed by atoms with Crippen molar-refractivity contribution in [3.63, 3.8) is 0 Å². The molecule has 2 rings (SSSR count). The lowest BCUT2D eigenvalue weighted by molar-refractivity contribution is -0.129. The first-order valence-corrected chi connectivity index (χ1v) is 8.17. The van der Waals surface area contributed by atoms with Gasteiger partial charge in [0.15, 0.2) is 0 Å². The Kier molecular flexibility index (Phi) is 6.13. The SMILES string of the molecule is C[C@H](CC(N)=O)C(=O)N[C@@H](C)C(c1ccccc1)c1ccccc1. The van der Waals surface area contributed by atoms with Gasteiger partial charge in [-0.3, -0.25) is 9.59 Å². The van der Waals surface area contributed by atoms with E-state index in [0.29, 0.717) is 0 Å². The average Bonchev–Trinajstić information content (AvgIpc) is 2.56. The van der Waals surface area contributed by atoms with Gasteiger partial charge in [-0.05, 0) is 18.1 Å². The molecule has 0 radical (unpaired) electrons. The van der Waals surface area contributed by atoms with Crippen LogP contribution in [0.1, 0.15) is 37.3 Å². The van der Waals surface area contributed by atoms with Gasteiger partial charge in [0, 0.05) is 24.3 Å². The van der Waals surface area contributed by atoms with Crippen molar-refractivity contribution < 1.29 is 9.59 Å². The van der Waals surface area contributed by atoms with E-state index in [1.165, 1.54) is 0 Å². The quantitative estimate of drug-likeness (QED) is 0.822. The van der Waals surface area contributed by atoms with E-state index in [-0.39, 0.29) is 24.3 Å². The molecule has 0 aliphatic heterocycles. The molecular formula is C20H24N2O2. The minimum Gasteiger partial charge on any atom is -0.370 e. The van der Waals surface area contributed by atoms with E-state index in [2.05, 4.69) is 29.6 Å². The van der Waals surface area contributed by atoms with E-state index in [1.807, 2.05) is 43.3 Å². The summed E-state index contributed by atoms with van der Waals surface area (Å²) in [5, 5.41) is 3.04. The highest BCUT2D eigenvalue weighted by Gasteiger charge is 2.25. The van der Waals surface area contributed by atoms with Crippen LogP contribution in [-0.4, -0.2) is 17.9 Å². The average molecular weight is 324 g/mol. The maximum absolute atomic E-state index is 12.3. The molecule has 4 heteroatoms. The minimum atomic E-state index is -0.465. The van der Waals surface area contributed by atoms with Crippen molar-refractivity contribution in [1.29, 1.82) is 0 Å². The summed E-state index contributed by atoms with van der Waals surface area (Å²) in [5.74, 6) is -1.01. The van der Waals surface area contributed by atoms with Gasteiger partial charge in [-0.1, -0.05) is 67.6 Å². The van der Waals surface area contributed by atoms with Crippen molar-refractivity contribution >= 4 is 11.8 Å². The van der Waals surface area contributed by atoms with Crippen molar-refractivity contribution in [2.75, 3.05) is 0 Å². The largest absolute Gasteiger partial charge is 0.370 e. The van der Waals surface area contributed by atoms with Crippen LogP contribution < -0.4 is 11.1 Å². The van der Waals surface area contributed by atoms with Gasteiger partial charge in [0.05, 0.1) is 0 Å². The third-order valence-corrected chi connectivity index (χ3v) is 4.14. The van der Waals surface area contributed by atoms with Gasteiger partial charge in [-0.2, -0.15) is 0 Å². The van der Waals surface area contributed by atoms with E-state index in [0.717, 1.165) is 11.1 Å². The van der Waals surface area contributed by atoms with E-state index >= 15 is 0 Å².